The summed E-state index contributed by atoms with van der Waals surface area (Å²) in [7, 11) is 1.28. The number of nitrogens with one attached hydrogen (secondary N) is 2. The van der Waals surface area contributed by atoms with Crippen LogP contribution in [0.25, 0.3) is 0 Å². The number of thioether (sulfide) groups is 1. The number of H-pyrrole nitrogens is 1. The first-order valence-corrected chi connectivity index (χ1v) is 10.6. The number of benzene rings is 2. The van der Waals surface area contributed by atoms with Gasteiger partial charge in [0.1, 0.15) is 0 Å². The smallest absolute Gasteiger partial charge is 0.339 e. The number of hydrogen-bond donors (Lipinski definition) is 2. The molecule has 3 rings (SSSR count). The van der Waals surface area contributed by atoms with Gasteiger partial charge in [-0.2, -0.15) is 0 Å². The highest BCUT2D eigenvalue weighted by Crippen LogP contribution is 2.23. The van der Waals surface area contributed by atoms with Crippen LogP contribution in [0.2, 0.25) is 0 Å². The fraction of sp³-hybridized carbons (Fsp3) is 0.217. The highest BCUT2D eigenvalue weighted by Gasteiger charge is 2.20. The predicted molar refractivity (Wildman–Crippen MR) is 121 cm³/mol. The molecule has 2 aromatic carbocycles. The molecule has 1 heterocycles. The number of para-hydroxylation sites is 1. The molecule has 1 atom stereocenters. The molecule has 160 valence electrons. The lowest BCUT2D eigenvalue weighted by Gasteiger charge is -2.14. The van der Waals surface area contributed by atoms with E-state index in [9.17, 15) is 14.4 Å². The van der Waals surface area contributed by atoms with Gasteiger partial charge < -0.3 is 15.0 Å². The van der Waals surface area contributed by atoms with Crippen LogP contribution < -0.4 is 10.9 Å². The van der Waals surface area contributed by atoms with Crippen LogP contribution in [-0.2, 0) is 16.0 Å². The molecule has 0 aliphatic heterocycles. The van der Waals surface area contributed by atoms with Gasteiger partial charge in [-0.3, -0.25) is 9.59 Å². The number of aromatic amines is 1. The Bertz CT molecular complexity index is 1150. The Balaban J connectivity index is 1.72. The maximum atomic E-state index is 12.7. The molecule has 2 N–H and O–H groups in total. The van der Waals surface area contributed by atoms with Crippen LogP contribution in [0.3, 0.4) is 0 Å². The zero-order valence-electron chi connectivity index (χ0n) is 17.5. The van der Waals surface area contributed by atoms with Crippen LogP contribution in [-0.4, -0.2) is 34.2 Å². The predicted octanol–water partition coefficient (Wildman–Crippen LogP) is 3.58. The van der Waals surface area contributed by atoms with E-state index in [1.807, 2.05) is 30.3 Å². The van der Waals surface area contributed by atoms with E-state index in [2.05, 4.69) is 15.3 Å². The standard InChI is InChI=1S/C23H23N3O4S/c1-14-18(13-16-9-5-4-6-10-16)21(28)26-23(24-14)31-15(2)20(27)25-19-12-8-7-11-17(19)22(29)30-3/h4-12,15H,13H2,1-3H3,(H,25,27)(H,24,26,28). The molecule has 1 aromatic heterocycles. The summed E-state index contributed by atoms with van der Waals surface area (Å²) in [5.41, 5.74) is 2.65. The molecule has 7 nitrogen and oxygen atoms in total. The zero-order valence-corrected chi connectivity index (χ0v) is 18.3. The van der Waals surface area contributed by atoms with Gasteiger partial charge in [-0.05, 0) is 31.5 Å². The quantitative estimate of drug-likeness (QED) is 0.333. The number of carbonyl (C=O) groups excluding carboxylic acids is 2. The minimum absolute atomic E-state index is 0.220. The lowest BCUT2D eigenvalue weighted by Crippen LogP contribution is -2.25. The van der Waals surface area contributed by atoms with Crippen LogP contribution in [0.15, 0.2) is 64.5 Å². The number of aryl methyl sites for hydroxylation is 1. The van der Waals surface area contributed by atoms with E-state index >= 15 is 0 Å². The number of amides is 1. The van der Waals surface area contributed by atoms with Crippen molar-refractivity contribution in [3.63, 3.8) is 0 Å². The first-order valence-electron chi connectivity index (χ1n) is 9.67. The van der Waals surface area contributed by atoms with Gasteiger partial charge in [0, 0.05) is 17.7 Å². The molecule has 1 unspecified atom stereocenters. The Morgan fingerprint density at radius 1 is 1.13 bits per heavy atom. The first-order chi connectivity index (χ1) is 14.9. The molecular formula is C23H23N3O4S. The van der Waals surface area contributed by atoms with Gasteiger partial charge in [-0.15, -0.1) is 0 Å². The average molecular weight is 438 g/mol. The van der Waals surface area contributed by atoms with Crippen LogP contribution in [0.5, 0.6) is 0 Å². The van der Waals surface area contributed by atoms with Crippen LogP contribution in [0.4, 0.5) is 5.69 Å². The second kappa shape index (κ2) is 10.1. The van der Waals surface area contributed by atoms with Crippen molar-refractivity contribution >= 4 is 29.3 Å². The van der Waals surface area contributed by atoms with Crippen LogP contribution >= 0.6 is 11.8 Å². The fourth-order valence-electron chi connectivity index (χ4n) is 2.98. The molecule has 0 aliphatic rings. The van der Waals surface area contributed by atoms with E-state index in [-0.39, 0.29) is 17.0 Å². The van der Waals surface area contributed by atoms with Gasteiger partial charge >= 0.3 is 5.97 Å². The molecule has 3 aromatic rings. The van der Waals surface area contributed by atoms with Gasteiger partial charge in [-0.25, -0.2) is 9.78 Å². The maximum Gasteiger partial charge on any atom is 0.339 e. The second-order valence-corrected chi connectivity index (χ2v) is 8.21. The number of anilines is 1. The number of esters is 1. The van der Waals surface area contributed by atoms with Gasteiger partial charge in [0.25, 0.3) is 5.56 Å². The van der Waals surface area contributed by atoms with Crippen molar-refractivity contribution in [2.45, 2.75) is 30.7 Å². The zero-order chi connectivity index (χ0) is 22.4. The largest absolute Gasteiger partial charge is 0.465 e. The molecule has 0 bridgehead atoms. The Morgan fingerprint density at radius 2 is 1.81 bits per heavy atom. The van der Waals surface area contributed by atoms with Crippen LogP contribution in [0, 0.1) is 6.92 Å². The molecule has 0 spiro atoms. The Hall–Kier alpha value is -3.39. The molecular weight excluding hydrogens is 414 g/mol. The fourth-order valence-corrected chi connectivity index (χ4v) is 3.83. The highest BCUT2D eigenvalue weighted by molar-refractivity contribution is 8.00. The van der Waals surface area contributed by atoms with Gasteiger partial charge in [-0.1, -0.05) is 54.2 Å². The summed E-state index contributed by atoms with van der Waals surface area (Å²) in [5.74, 6) is -0.859. The molecule has 0 fully saturated rings. The van der Waals surface area contributed by atoms with Gasteiger partial charge in [0.15, 0.2) is 5.16 Å². The minimum atomic E-state index is -0.562. The number of carbonyl (C=O) groups is 2. The first kappa shape index (κ1) is 22.3. The monoisotopic (exact) mass is 437 g/mol. The summed E-state index contributed by atoms with van der Waals surface area (Å²) in [6.07, 6.45) is 0.486. The normalized spacial score (nSPS) is 11.6. The highest BCUT2D eigenvalue weighted by atomic mass is 32.2. The lowest BCUT2D eigenvalue weighted by atomic mass is 10.1. The Labute approximate surface area is 184 Å². The third kappa shape index (κ3) is 5.61. The van der Waals surface area contributed by atoms with Crippen LogP contribution in [0.1, 0.15) is 34.1 Å². The number of hydrogen-bond acceptors (Lipinski definition) is 6. The van der Waals surface area contributed by atoms with E-state index in [0.717, 1.165) is 17.3 Å². The molecule has 8 heteroatoms. The van der Waals surface area contributed by atoms with Crippen molar-refractivity contribution in [3.05, 3.63) is 87.3 Å². The van der Waals surface area contributed by atoms with E-state index in [1.54, 1.807) is 38.1 Å². The topological polar surface area (TPSA) is 101 Å². The van der Waals surface area contributed by atoms with Crippen molar-refractivity contribution < 1.29 is 14.3 Å². The number of nitrogens with zero attached hydrogens (tertiary/aromatic N) is 1. The van der Waals surface area contributed by atoms with Gasteiger partial charge in [0.05, 0.1) is 23.6 Å². The third-order valence-electron chi connectivity index (χ3n) is 4.67. The average Bonchev–Trinajstić information content (AvgIpc) is 2.76. The van der Waals surface area contributed by atoms with E-state index in [4.69, 9.17) is 4.74 Å². The van der Waals surface area contributed by atoms with Crippen molar-refractivity contribution in [2.24, 2.45) is 0 Å². The van der Waals surface area contributed by atoms with E-state index < -0.39 is 11.2 Å². The minimum Gasteiger partial charge on any atom is -0.465 e. The summed E-state index contributed by atoms with van der Waals surface area (Å²) in [5, 5.41) is 2.54. The van der Waals surface area contributed by atoms with E-state index in [0.29, 0.717) is 28.5 Å². The molecule has 31 heavy (non-hydrogen) atoms. The SMILES string of the molecule is COC(=O)c1ccccc1NC(=O)C(C)Sc1nc(C)c(Cc2ccccc2)c(=O)[nH]1. The summed E-state index contributed by atoms with van der Waals surface area (Å²) in [4.78, 5) is 44.4. The number of rotatable bonds is 7. The summed E-state index contributed by atoms with van der Waals surface area (Å²) < 4.78 is 4.75. The number of ether oxygens (including phenoxy) is 1. The molecule has 0 radical (unpaired) electrons. The third-order valence-corrected chi connectivity index (χ3v) is 5.66. The lowest BCUT2D eigenvalue weighted by molar-refractivity contribution is -0.115. The van der Waals surface area contributed by atoms with Crippen molar-refractivity contribution in [1.29, 1.82) is 0 Å². The van der Waals surface area contributed by atoms with Crippen molar-refractivity contribution in [3.8, 4) is 0 Å². The molecule has 0 saturated heterocycles. The maximum absolute atomic E-state index is 12.7. The van der Waals surface area contributed by atoms with Crippen molar-refractivity contribution in [1.82, 2.24) is 9.97 Å². The van der Waals surface area contributed by atoms with E-state index in [1.165, 1.54) is 7.11 Å². The molecule has 1 amide bonds. The number of methoxy groups -OCH3 is 1. The van der Waals surface area contributed by atoms with Crippen molar-refractivity contribution in [2.75, 3.05) is 12.4 Å². The summed E-state index contributed by atoms with van der Waals surface area (Å²) in [6, 6.07) is 16.3. The Morgan fingerprint density at radius 3 is 2.48 bits per heavy atom. The summed E-state index contributed by atoms with van der Waals surface area (Å²) in [6.45, 7) is 3.49. The Kier molecular flexibility index (Phi) is 7.25. The second-order valence-electron chi connectivity index (χ2n) is 6.88. The molecule has 0 aliphatic carbocycles. The molecule has 0 saturated carbocycles. The summed E-state index contributed by atoms with van der Waals surface area (Å²) >= 11 is 1.14. The number of aromatic nitrogens is 2. The van der Waals surface area contributed by atoms with Gasteiger partial charge in [0.2, 0.25) is 5.91 Å².